The van der Waals surface area contributed by atoms with Crippen molar-refractivity contribution in [2.45, 2.75) is 13.1 Å². The zero-order valence-corrected chi connectivity index (χ0v) is 12.1. The number of hydrogen-bond donors (Lipinski definition) is 1. The highest BCUT2D eigenvalue weighted by Crippen LogP contribution is 2.36. The summed E-state index contributed by atoms with van der Waals surface area (Å²) in [6.45, 7) is 1.85. The fourth-order valence-corrected chi connectivity index (χ4v) is 3.03. The maximum Gasteiger partial charge on any atom is 0.417 e. The minimum absolute atomic E-state index is 0.117. The molecule has 0 aliphatic carbocycles. The monoisotopic (exact) mass is 332 g/mol. The largest absolute Gasteiger partial charge is 0.417 e. The molecule has 0 spiro atoms. The molecule has 0 amide bonds. The van der Waals surface area contributed by atoms with Crippen molar-refractivity contribution in [1.29, 1.82) is 0 Å². The van der Waals surface area contributed by atoms with Crippen LogP contribution in [-0.4, -0.2) is 14.6 Å². The number of nitrogens with two attached hydrogens (primary N) is 1. The quantitative estimate of drug-likeness (QED) is 0.732. The summed E-state index contributed by atoms with van der Waals surface area (Å²) in [5.74, 6) is 0.236. The van der Waals surface area contributed by atoms with E-state index in [2.05, 4.69) is 10.2 Å². The second-order valence-corrected chi connectivity index (χ2v) is 6.12. The molecule has 9 heteroatoms. The van der Waals surface area contributed by atoms with Crippen LogP contribution in [0, 0.1) is 6.92 Å². The maximum atomic E-state index is 12.9. The van der Waals surface area contributed by atoms with E-state index in [4.69, 9.17) is 17.3 Å². The Bertz CT molecular complexity index is 837. The predicted molar refractivity (Wildman–Crippen MR) is 75.5 cm³/mol. The zero-order chi connectivity index (χ0) is 15.4. The van der Waals surface area contributed by atoms with Crippen LogP contribution in [0.2, 0.25) is 5.02 Å². The number of thiophene rings is 1. The molecule has 0 saturated heterocycles. The van der Waals surface area contributed by atoms with Crippen LogP contribution in [0.1, 0.15) is 10.4 Å². The van der Waals surface area contributed by atoms with Gasteiger partial charge in [0.1, 0.15) is 0 Å². The normalized spacial score (nSPS) is 12.2. The second kappa shape index (κ2) is 4.60. The molecule has 0 aromatic carbocycles. The first-order valence-electron chi connectivity index (χ1n) is 5.75. The third kappa shape index (κ3) is 2.34. The molecule has 0 bridgehead atoms. The summed E-state index contributed by atoms with van der Waals surface area (Å²) in [5, 5.41) is 8.09. The van der Waals surface area contributed by atoms with Crippen LogP contribution in [0.4, 0.5) is 18.2 Å². The Balaban J connectivity index is 2.30. The summed E-state index contributed by atoms with van der Waals surface area (Å²) in [5.41, 5.74) is 5.70. The van der Waals surface area contributed by atoms with Gasteiger partial charge in [0.25, 0.3) is 0 Å². The van der Waals surface area contributed by atoms with Gasteiger partial charge >= 0.3 is 6.18 Å². The molecule has 3 aromatic heterocycles. The molecule has 0 aliphatic heterocycles. The molecular formula is C12H8ClF3N4S. The van der Waals surface area contributed by atoms with Gasteiger partial charge < -0.3 is 5.73 Å². The molecule has 3 aromatic rings. The molecule has 3 rings (SSSR count). The van der Waals surface area contributed by atoms with Gasteiger partial charge in [-0.15, -0.1) is 21.5 Å². The summed E-state index contributed by atoms with van der Waals surface area (Å²) < 4.78 is 39.9. The second-order valence-electron chi connectivity index (χ2n) is 4.43. The van der Waals surface area contributed by atoms with Gasteiger partial charge in [0.15, 0.2) is 11.5 Å². The van der Waals surface area contributed by atoms with Gasteiger partial charge in [-0.25, -0.2) is 0 Å². The molecule has 110 valence electrons. The van der Waals surface area contributed by atoms with Crippen LogP contribution in [0.3, 0.4) is 0 Å². The van der Waals surface area contributed by atoms with E-state index in [1.807, 2.05) is 6.92 Å². The van der Waals surface area contributed by atoms with Crippen molar-refractivity contribution in [3.63, 3.8) is 0 Å². The average molecular weight is 333 g/mol. The molecule has 0 fully saturated rings. The molecule has 0 aliphatic rings. The Morgan fingerprint density at radius 1 is 1.29 bits per heavy atom. The highest BCUT2D eigenvalue weighted by atomic mass is 35.5. The van der Waals surface area contributed by atoms with Crippen LogP contribution in [-0.2, 0) is 6.18 Å². The fraction of sp³-hybridized carbons (Fsp3) is 0.167. The molecule has 0 atom stereocenters. The lowest BCUT2D eigenvalue weighted by molar-refractivity contribution is -0.137. The van der Waals surface area contributed by atoms with Crippen LogP contribution in [0.25, 0.3) is 17.0 Å². The van der Waals surface area contributed by atoms with Crippen LogP contribution in [0.15, 0.2) is 18.3 Å². The molecule has 0 radical (unpaired) electrons. The minimum atomic E-state index is -4.50. The number of fused-ring (bicyclic) bond motifs is 1. The topological polar surface area (TPSA) is 56.2 Å². The first kappa shape index (κ1) is 14.2. The van der Waals surface area contributed by atoms with E-state index in [1.165, 1.54) is 15.7 Å². The molecular weight excluding hydrogens is 325 g/mol. The van der Waals surface area contributed by atoms with Gasteiger partial charge in [-0.1, -0.05) is 11.6 Å². The molecule has 0 saturated carbocycles. The number of aryl methyl sites for hydroxylation is 1. The third-order valence-electron chi connectivity index (χ3n) is 2.91. The predicted octanol–water partition coefficient (Wildman–Crippen LogP) is 4.02. The molecule has 4 nitrogen and oxygen atoms in total. The highest BCUT2D eigenvalue weighted by Gasteiger charge is 2.32. The van der Waals surface area contributed by atoms with Gasteiger partial charge in [-0.2, -0.15) is 13.2 Å². The van der Waals surface area contributed by atoms with E-state index in [9.17, 15) is 13.2 Å². The first-order chi connectivity index (χ1) is 9.77. The Labute approximate surface area is 126 Å². The van der Waals surface area contributed by atoms with E-state index in [0.717, 1.165) is 17.1 Å². The van der Waals surface area contributed by atoms with E-state index in [1.54, 1.807) is 6.07 Å². The zero-order valence-electron chi connectivity index (χ0n) is 10.6. The van der Waals surface area contributed by atoms with Crippen molar-refractivity contribution < 1.29 is 13.2 Å². The van der Waals surface area contributed by atoms with Crippen molar-refractivity contribution in [3.8, 4) is 11.4 Å². The van der Waals surface area contributed by atoms with E-state index < -0.39 is 11.7 Å². The Hall–Kier alpha value is -1.80. The number of anilines is 1. The number of pyridine rings is 1. The number of nitrogen functional groups attached to an aromatic ring is 1. The Kier molecular flexibility index (Phi) is 3.10. The lowest BCUT2D eigenvalue weighted by atomic mass is 10.2. The number of alkyl halides is 3. The number of aromatic nitrogens is 3. The number of nitrogens with zero attached hydrogens (tertiary/aromatic N) is 3. The Morgan fingerprint density at radius 3 is 2.57 bits per heavy atom. The first-order valence-corrected chi connectivity index (χ1v) is 6.94. The summed E-state index contributed by atoms with van der Waals surface area (Å²) >= 11 is 7.19. The minimum Gasteiger partial charge on any atom is -0.390 e. The average Bonchev–Trinajstić information content (AvgIpc) is 2.91. The fourth-order valence-electron chi connectivity index (χ4n) is 2.00. The van der Waals surface area contributed by atoms with Crippen molar-refractivity contribution in [2.24, 2.45) is 0 Å². The molecule has 2 N–H and O–H groups in total. The van der Waals surface area contributed by atoms with Crippen molar-refractivity contribution in [2.75, 3.05) is 5.73 Å². The van der Waals surface area contributed by atoms with Crippen LogP contribution in [0.5, 0.6) is 0 Å². The standard InChI is InChI=1S/C12H8ClF3N4S/c1-5-2-7(9(17)21-5)10-18-19-11-8(13)3-6(4-20(10)11)12(14,15)16/h2-4H,17H2,1H3. The number of halogens is 4. The van der Waals surface area contributed by atoms with Gasteiger partial charge in [0.2, 0.25) is 0 Å². The summed E-state index contributed by atoms with van der Waals surface area (Å²) in [6, 6.07) is 2.59. The highest BCUT2D eigenvalue weighted by molar-refractivity contribution is 7.16. The number of hydrogen-bond acceptors (Lipinski definition) is 4. The molecule has 3 heterocycles. The van der Waals surface area contributed by atoms with E-state index in [-0.39, 0.29) is 16.5 Å². The summed E-state index contributed by atoms with van der Waals surface area (Å²) in [6.07, 6.45) is -3.58. The van der Waals surface area contributed by atoms with Crippen LogP contribution < -0.4 is 5.73 Å². The van der Waals surface area contributed by atoms with Gasteiger partial charge in [0.05, 0.1) is 21.2 Å². The Morgan fingerprint density at radius 2 is 2.00 bits per heavy atom. The lowest BCUT2D eigenvalue weighted by Gasteiger charge is -2.08. The summed E-state index contributed by atoms with van der Waals surface area (Å²) in [4.78, 5) is 0.928. The van der Waals surface area contributed by atoms with Crippen molar-refractivity contribution >= 4 is 33.6 Å². The number of rotatable bonds is 1. The van der Waals surface area contributed by atoms with E-state index >= 15 is 0 Å². The van der Waals surface area contributed by atoms with Crippen LogP contribution >= 0.6 is 22.9 Å². The van der Waals surface area contributed by atoms with Gasteiger partial charge in [-0.3, -0.25) is 4.40 Å². The maximum absolute atomic E-state index is 12.9. The van der Waals surface area contributed by atoms with Crippen molar-refractivity contribution in [1.82, 2.24) is 14.6 Å². The van der Waals surface area contributed by atoms with Gasteiger partial charge in [-0.05, 0) is 19.1 Å². The lowest BCUT2D eigenvalue weighted by Crippen LogP contribution is -2.07. The van der Waals surface area contributed by atoms with Crippen molar-refractivity contribution in [3.05, 3.63) is 33.8 Å². The molecule has 0 unspecified atom stereocenters. The third-order valence-corrected chi connectivity index (χ3v) is 4.07. The summed E-state index contributed by atoms with van der Waals surface area (Å²) in [7, 11) is 0. The smallest absolute Gasteiger partial charge is 0.390 e. The van der Waals surface area contributed by atoms with E-state index in [0.29, 0.717) is 10.6 Å². The molecule has 21 heavy (non-hydrogen) atoms. The van der Waals surface area contributed by atoms with Gasteiger partial charge in [0, 0.05) is 11.1 Å². The SMILES string of the molecule is Cc1cc(-c2nnc3c(Cl)cc(C(F)(F)F)cn23)c(N)s1.